The summed E-state index contributed by atoms with van der Waals surface area (Å²) in [5.74, 6) is 0.871. The van der Waals surface area contributed by atoms with E-state index in [4.69, 9.17) is 16.0 Å². The van der Waals surface area contributed by atoms with Crippen LogP contribution in [0.15, 0.2) is 16.5 Å². The van der Waals surface area contributed by atoms with Crippen molar-refractivity contribution in [2.45, 2.75) is 19.8 Å². The molecule has 1 aliphatic rings. The van der Waals surface area contributed by atoms with Crippen LogP contribution in [-0.2, 0) is 0 Å². The fourth-order valence-corrected chi connectivity index (χ4v) is 2.11. The summed E-state index contributed by atoms with van der Waals surface area (Å²) in [6.45, 7) is 3.80. The highest BCUT2D eigenvalue weighted by atomic mass is 35.5. The summed E-state index contributed by atoms with van der Waals surface area (Å²) in [5.41, 5.74) is 0. The van der Waals surface area contributed by atoms with E-state index in [1.165, 1.54) is 6.42 Å². The standard InChI is InChI=1S/C11H14ClNO2/c1-8-3-2-6-13(7-8)11(14)9-4-5-10(12)15-9/h4-5,8H,2-3,6-7H2,1H3. The number of rotatable bonds is 1. The maximum Gasteiger partial charge on any atom is 0.289 e. The summed E-state index contributed by atoms with van der Waals surface area (Å²) in [4.78, 5) is 13.8. The Morgan fingerprint density at radius 1 is 1.60 bits per heavy atom. The van der Waals surface area contributed by atoms with Crippen LogP contribution >= 0.6 is 11.6 Å². The van der Waals surface area contributed by atoms with Crippen molar-refractivity contribution in [1.29, 1.82) is 0 Å². The van der Waals surface area contributed by atoms with Crippen molar-refractivity contribution < 1.29 is 9.21 Å². The Balaban J connectivity index is 2.07. The fourth-order valence-electron chi connectivity index (χ4n) is 1.96. The van der Waals surface area contributed by atoms with Gasteiger partial charge in [0.15, 0.2) is 11.0 Å². The topological polar surface area (TPSA) is 33.5 Å². The van der Waals surface area contributed by atoms with E-state index in [2.05, 4.69) is 6.92 Å². The summed E-state index contributed by atoms with van der Waals surface area (Å²) in [6, 6.07) is 3.23. The zero-order valence-electron chi connectivity index (χ0n) is 8.70. The van der Waals surface area contributed by atoms with Gasteiger partial charge in [0.25, 0.3) is 5.91 Å². The third-order valence-corrected chi connectivity index (χ3v) is 2.93. The number of carbonyl (C=O) groups excluding carboxylic acids is 1. The largest absolute Gasteiger partial charge is 0.440 e. The van der Waals surface area contributed by atoms with Gasteiger partial charge < -0.3 is 9.32 Å². The molecule has 4 heteroatoms. The molecule has 15 heavy (non-hydrogen) atoms. The van der Waals surface area contributed by atoms with Gasteiger partial charge in [-0.25, -0.2) is 0 Å². The first-order valence-electron chi connectivity index (χ1n) is 5.21. The van der Waals surface area contributed by atoms with Crippen LogP contribution in [0.3, 0.4) is 0 Å². The first-order chi connectivity index (χ1) is 7.16. The number of hydrogen-bond acceptors (Lipinski definition) is 2. The minimum atomic E-state index is -0.0477. The van der Waals surface area contributed by atoms with E-state index in [1.54, 1.807) is 12.1 Å². The van der Waals surface area contributed by atoms with Crippen molar-refractivity contribution in [1.82, 2.24) is 4.90 Å². The van der Waals surface area contributed by atoms with E-state index in [1.807, 2.05) is 4.90 Å². The highest BCUT2D eigenvalue weighted by Crippen LogP contribution is 2.20. The lowest BCUT2D eigenvalue weighted by atomic mass is 10.0. The zero-order chi connectivity index (χ0) is 10.8. The first kappa shape index (κ1) is 10.6. The van der Waals surface area contributed by atoms with Gasteiger partial charge in [0, 0.05) is 13.1 Å². The maximum atomic E-state index is 11.9. The summed E-state index contributed by atoms with van der Waals surface area (Å²) in [6.07, 6.45) is 2.27. The lowest BCUT2D eigenvalue weighted by molar-refractivity contribution is 0.0651. The van der Waals surface area contributed by atoms with Gasteiger partial charge in [-0.05, 0) is 42.5 Å². The van der Waals surface area contributed by atoms with E-state index in [9.17, 15) is 4.79 Å². The number of nitrogens with zero attached hydrogens (tertiary/aromatic N) is 1. The molecule has 1 atom stereocenters. The SMILES string of the molecule is CC1CCCN(C(=O)c2ccc(Cl)o2)C1. The Bertz CT molecular complexity index is 361. The van der Waals surface area contributed by atoms with Crippen LogP contribution in [0.1, 0.15) is 30.3 Å². The van der Waals surface area contributed by atoms with Crippen LogP contribution in [0, 0.1) is 5.92 Å². The van der Waals surface area contributed by atoms with E-state index in [0.29, 0.717) is 11.7 Å². The molecule has 1 fully saturated rings. The summed E-state index contributed by atoms with van der Waals surface area (Å²) < 4.78 is 5.11. The van der Waals surface area contributed by atoms with E-state index < -0.39 is 0 Å². The average Bonchev–Trinajstić information content (AvgIpc) is 2.64. The van der Waals surface area contributed by atoms with Gasteiger partial charge in [0.1, 0.15) is 0 Å². The number of halogens is 1. The molecular formula is C11H14ClNO2. The monoisotopic (exact) mass is 227 g/mol. The molecule has 1 amide bonds. The Morgan fingerprint density at radius 3 is 3.00 bits per heavy atom. The second-order valence-electron chi connectivity index (χ2n) is 4.10. The highest BCUT2D eigenvalue weighted by molar-refractivity contribution is 6.29. The molecule has 2 rings (SSSR count). The second-order valence-corrected chi connectivity index (χ2v) is 4.47. The Kier molecular flexibility index (Phi) is 3.00. The molecule has 2 heterocycles. The Labute approximate surface area is 94.0 Å². The number of piperidine rings is 1. The van der Waals surface area contributed by atoms with Crippen molar-refractivity contribution >= 4 is 17.5 Å². The smallest absolute Gasteiger partial charge is 0.289 e. The van der Waals surface area contributed by atoms with Crippen LogP contribution in [0.4, 0.5) is 0 Å². The predicted molar refractivity (Wildman–Crippen MR) is 58.0 cm³/mol. The molecule has 82 valence electrons. The molecule has 0 saturated carbocycles. The molecule has 1 saturated heterocycles. The molecule has 1 aliphatic heterocycles. The van der Waals surface area contributed by atoms with Crippen molar-refractivity contribution in [3.63, 3.8) is 0 Å². The van der Waals surface area contributed by atoms with Gasteiger partial charge in [-0.2, -0.15) is 0 Å². The van der Waals surface area contributed by atoms with Crippen LogP contribution in [0.2, 0.25) is 5.22 Å². The predicted octanol–water partition coefficient (Wildman–Crippen LogP) is 2.81. The van der Waals surface area contributed by atoms with Crippen LogP contribution in [-0.4, -0.2) is 23.9 Å². The zero-order valence-corrected chi connectivity index (χ0v) is 9.46. The van der Waals surface area contributed by atoms with E-state index >= 15 is 0 Å². The molecule has 0 bridgehead atoms. The van der Waals surface area contributed by atoms with Gasteiger partial charge in [0.2, 0.25) is 0 Å². The third kappa shape index (κ3) is 2.34. The number of amides is 1. The molecule has 1 aromatic heterocycles. The molecule has 0 radical (unpaired) electrons. The summed E-state index contributed by atoms with van der Waals surface area (Å²) >= 11 is 5.63. The minimum absolute atomic E-state index is 0.0477. The molecule has 0 aliphatic carbocycles. The number of likely N-dealkylation sites (tertiary alicyclic amines) is 1. The van der Waals surface area contributed by atoms with Gasteiger partial charge in [-0.15, -0.1) is 0 Å². The van der Waals surface area contributed by atoms with Gasteiger partial charge in [-0.3, -0.25) is 4.79 Å². The number of carbonyl (C=O) groups is 1. The van der Waals surface area contributed by atoms with E-state index in [-0.39, 0.29) is 11.1 Å². The van der Waals surface area contributed by atoms with E-state index in [0.717, 1.165) is 19.5 Å². The quantitative estimate of drug-likeness (QED) is 0.739. The summed E-state index contributed by atoms with van der Waals surface area (Å²) in [7, 11) is 0. The van der Waals surface area contributed by atoms with Crippen LogP contribution in [0.25, 0.3) is 0 Å². The molecular weight excluding hydrogens is 214 g/mol. The Morgan fingerprint density at radius 2 is 2.40 bits per heavy atom. The van der Waals surface area contributed by atoms with Crippen molar-refractivity contribution in [2.75, 3.05) is 13.1 Å². The average molecular weight is 228 g/mol. The summed E-state index contributed by atoms with van der Waals surface area (Å²) in [5, 5.41) is 0.267. The maximum absolute atomic E-state index is 11.9. The van der Waals surface area contributed by atoms with Crippen molar-refractivity contribution in [2.24, 2.45) is 5.92 Å². The molecule has 1 unspecified atom stereocenters. The second kappa shape index (κ2) is 4.27. The number of hydrogen-bond donors (Lipinski definition) is 0. The molecule has 1 aromatic rings. The minimum Gasteiger partial charge on any atom is -0.440 e. The third-order valence-electron chi connectivity index (χ3n) is 2.73. The Hall–Kier alpha value is -0.960. The van der Waals surface area contributed by atoms with Crippen LogP contribution < -0.4 is 0 Å². The van der Waals surface area contributed by atoms with Gasteiger partial charge >= 0.3 is 0 Å². The fraction of sp³-hybridized carbons (Fsp3) is 0.545. The molecule has 0 spiro atoms. The van der Waals surface area contributed by atoms with Crippen LogP contribution in [0.5, 0.6) is 0 Å². The molecule has 0 aromatic carbocycles. The first-order valence-corrected chi connectivity index (χ1v) is 5.59. The number of furan rings is 1. The van der Waals surface area contributed by atoms with Gasteiger partial charge in [0.05, 0.1) is 0 Å². The molecule has 3 nitrogen and oxygen atoms in total. The normalized spacial score (nSPS) is 21.7. The van der Waals surface area contributed by atoms with Crippen molar-refractivity contribution in [3.8, 4) is 0 Å². The lowest BCUT2D eigenvalue weighted by Crippen LogP contribution is -2.38. The van der Waals surface area contributed by atoms with Crippen molar-refractivity contribution in [3.05, 3.63) is 23.1 Å². The lowest BCUT2D eigenvalue weighted by Gasteiger charge is -2.30. The molecule has 0 N–H and O–H groups in total. The van der Waals surface area contributed by atoms with Gasteiger partial charge in [-0.1, -0.05) is 6.92 Å². The highest BCUT2D eigenvalue weighted by Gasteiger charge is 2.23.